The average Bonchev–Trinajstić information content (AvgIpc) is 2.98. The van der Waals surface area contributed by atoms with Crippen LogP contribution in [0.5, 0.6) is 0 Å². The third-order valence-corrected chi connectivity index (χ3v) is 4.73. The maximum Gasteiger partial charge on any atom is 0.292 e. The Kier molecular flexibility index (Phi) is 3.69. The lowest BCUT2D eigenvalue weighted by Crippen LogP contribution is -2.48. The molecule has 8 heteroatoms. The maximum atomic E-state index is 12.9. The summed E-state index contributed by atoms with van der Waals surface area (Å²) in [6.07, 6.45) is 4.23. The Hall–Kier alpha value is -2.12. The molecule has 0 saturated heterocycles. The molecule has 122 valence electrons. The molecule has 6 nitrogen and oxygen atoms in total. The van der Waals surface area contributed by atoms with E-state index in [1.165, 1.54) is 5.56 Å². The van der Waals surface area contributed by atoms with Crippen molar-refractivity contribution in [3.63, 3.8) is 0 Å². The minimum absolute atomic E-state index is 0.162. The third kappa shape index (κ3) is 2.53. The zero-order valence-electron chi connectivity index (χ0n) is 12.8. The van der Waals surface area contributed by atoms with Gasteiger partial charge in [0, 0.05) is 37.1 Å². The average molecular weight is 407 g/mol. The number of hydrogen-bond acceptors (Lipinski definition) is 4. The van der Waals surface area contributed by atoms with Crippen LogP contribution >= 0.6 is 27.5 Å². The molecule has 1 aromatic carbocycles. The van der Waals surface area contributed by atoms with Crippen LogP contribution in [0.4, 0.5) is 5.69 Å². The first-order chi connectivity index (χ1) is 11.5. The van der Waals surface area contributed by atoms with E-state index >= 15 is 0 Å². The van der Waals surface area contributed by atoms with Crippen LogP contribution in [0.15, 0.2) is 41.1 Å². The van der Waals surface area contributed by atoms with Gasteiger partial charge in [-0.3, -0.25) is 9.80 Å². The van der Waals surface area contributed by atoms with Gasteiger partial charge in [0.15, 0.2) is 11.3 Å². The number of rotatable bonds is 1. The van der Waals surface area contributed by atoms with Crippen LogP contribution in [0, 0.1) is 0 Å². The summed E-state index contributed by atoms with van der Waals surface area (Å²) in [5.74, 6) is -0.162. The van der Waals surface area contributed by atoms with Gasteiger partial charge >= 0.3 is 0 Å². The number of halogens is 2. The van der Waals surface area contributed by atoms with Crippen molar-refractivity contribution in [3.05, 3.63) is 57.4 Å². The van der Waals surface area contributed by atoms with Crippen molar-refractivity contribution in [1.82, 2.24) is 19.6 Å². The minimum Gasteiger partial charge on any atom is -0.285 e. The SMILES string of the molecule is CN1c2cc(Cl)ccc2CCN1C(=O)c1cc2ncc(Br)cn2n1. The lowest BCUT2D eigenvalue weighted by molar-refractivity contribution is 0.0732. The number of nitrogens with zero attached hydrogens (tertiary/aromatic N) is 5. The number of carbonyl (C=O) groups is 1. The Balaban J connectivity index is 1.68. The molecule has 1 aliphatic rings. The number of hydrogen-bond donors (Lipinski definition) is 0. The van der Waals surface area contributed by atoms with Crippen LogP contribution in [0.2, 0.25) is 5.02 Å². The Morgan fingerprint density at radius 3 is 3.00 bits per heavy atom. The molecule has 3 aromatic rings. The zero-order chi connectivity index (χ0) is 16.8. The van der Waals surface area contributed by atoms with E-state index in [9.17, 15) is 4.79 Å². The van der Waals surface area contributed by atoms with Crippen LogP contribution in [-0.2, 0) is 6.42 Å². The van der Waals surface area contributed by atoms with Crippen molar-refractivity contribution >= 4 is 44.8 Å². The summed E-state index contributed by atoms with van der Waals surface area (Å²) in [6, 6.07) is 7.44. The van der Waals surface area contributed by atoms with Crippen LogP contribution in [0.3, 0.4) is 0 Å². The summed E-state index contributed by atoms with van der Waals surface area (Å²) >= 11 is 9.45. The smallest absolute Gasteiger partial charge is 0.285 e. The lowest BCUT2D eigenvalue weighted by atomic mass is 10.1. The third-order valence-electron chi connectivity index (χ3n) is 4.09. The van der Waals surface area contributed by atoms with Crippen molar-refractivity contribution in [3.8, 4) is 0 Å². The summed E-state index contributed by atoms with van der Waals surface area (Å²) in [6.45, 7) is 0.592. The molecule has 2 aromatic heterocycles. The first-order valence-electron chi connectivity index (χ1n) is 7.38. The summed E-state index contributed by atoms with van der Waals surface area (Å²) in [5, 5.41) is 8.50. The van der Waals surface area contributed by atoms with Gasteiger partial charge in [-0.2, -0.15) is 5.10 Å². The molecule has 0 saturated carbocycles. The van der Waals surface area contributed by atoms with Crippen LogP contribution in [0.1, 0.15) is 16.1 Å². The van der Waals surface area contributed by atoms with Gasteiger partial charge in [0.05, 0.1) is 10.2 Å². The number of fused-ring (bicyclic) bond motifs is 2. The summed E-state index contributed by atoms with van der Waals surface area (Å²) < 4.78 is 2.39. The highest BCUT2D eigenvalue weighted by Gasteiger charge is 2.28. The van der Waals surface area contributed by atoms with Crippen LogP contribution < -0.4 is 5.01 Å². The predicted molar refractivity (Wildman–Crippen MR) is 95.3 cm³/mol. The number of carbonyl (C=O) groups excluding carboxylic acids is 1. The summed E-state index contributed by atoms with van der Waals surface area (Å²) in [7, 11) is 1.86. The number of anilines is 1. The molecule has 1 aliphatic heterocycles. The maximum absolute atomic E-state index is 12.9. The fourth-order valence-corrected chi connectivity index (χ4v) is 3.35. The molecular formula is C16H13BrClN5O. The number of hydrazine groups is 1. The minimum atomic E-state index is -0.162. The van der Waals surface area contributed by atoms with E-state index in [1.54, 1.807) is 28.0 Å². The van der Waals surface area contributed by atoms with Gasteiger partial charge in [-0.15, -0.1) is 0 Å². The molecule has 0 N–H and O–H groups in total. The van der Waals surface area contributed by atoms with Crippen molar-refractivity contribution in [2.75, 3.05) is 18.6 Å². The van der Waals surface area contributed by atoms with Gasteiger partial charge in [-0.1, -0.05) is 17.7 Å². The topological polar surface area (TPSA) is 53.7 Å². The normalized spacial score (nSPS) is 14.1. The van der Waals surface area contributed by atoms with E-state index in [2.05, 4.69) is 26.0 Å². The van der Waals surface area contributed by atoms with E-state index in [-0.39, 0.29) is 5.91 Å². The standard InChI is InChI=1S/C16H13BrClN5O/c1-21-14-6-12(18)3-2-10(14)4-5-23(21)16(24)13-7-15-19-8-11(17)9-22(15)20-13/h2-3,6-9H,4-5H2,1H3. The molecule has 4 rings (SSSR count). The molecule has 0 radical (unpaired) electrons. The van der Waals surface area contributed by atoms with Gasteiger partial charge < -0.3 is 0 Å². The van der Waals surface area contributed by atoms with Crippen molar-refractivity contribution in [1.29, 1.82) is 0 Å². The Bertz CT molecular complexity index is 957. The van der Waals surface area contributed by atoms with Crippen molar-refractivity contribution in [2.24, 2.45) is 0 Å². The highest BCUT2D eigenvalue weighted by molar-refractivity contribution is 9.10. The highest BCUT2D eigenvalue weighted by atomic mass is 79.9. The van der Waals surface area contributed by atoms with Gasteiger partial charge in [-0.25, -0.2) is 14.5 Å². The molecule has 3 heterocycles. The molecule has 0 spiro atoms. The van der Waals surface area contributed by atoms with Crippen LogP contribution in [0.25, 0.3) is 5.65 Å². The van der Waals surface area contributed by atoms with E-state index in [0.717, 1.165) is 16.6 Å². The van der Waals surface area contributed by atoms with E-state index < -0.39 is 0 Å². The largest absolute Gasteiger partial charge is 0.292 e. The van der Waals surface area contributed by atoms with Crippen molar-refractivity contribution < 1.29 is 4.79 Å². The molecule has 24 heavy (non-hydrogen) atoms. The zero-order valence-corrected chi connectivity index (χ0v) is 15.1. The molecule has 0 unspecified atom stereocenters. The molecule has 0 fully saturated rings. The lowest BCUT2D eigenvalue weighted by Gasteiger charge is -2.38. The van der Waals surface area contributed by atoms with Gasteiger partial charge in [-0.05, 0) is 40.0 Å². The molecule has 0 aliphatic carbocycles. The Labute approximate surface area is 151 Å². The Morgan fingerprint density at radius 1 is 1.33 bits per heavy atom. The summed E-state index contributed by atoms with van der Waals surface area (Å²) in [4.78, 5) is 17.1. The monoisotopic (exact) mass is 405 g/mol. The Morgan fingerprint density at radius 2 is 2.17 bits per heavy atom. The molecule has 1 amide bonds. The molecule has 0 bridgehead atoms. The van der Waals surface area contributed by atoms with Crippen LogP contribution in [-0.4, -0.2) is 39.1 Å². The highest BCUT2D eigenvalue weighted by Crippen LogP contribution is 2.30. The van der Waals surface area contributed by atoms with Crippen molar-refractivity contribution in [2.45, 2.75) is 6.42 Å². The van der Waals surface area contributed by atoms with Gasteiger partial charge in [0.2, 0.25) is 0 Å². The van der Waals surface area contributed by atoms with E-state index in [0.29, 0.717) is 22.9 Å². The quantitative estimate of drug-likeness (QED) is 0.623. The second-order valence-electron chi connectivity index (χ2n) is 5.58. The molecular weight excluding hydrogens is 394 g/mol. The molecule has 0 atom stereocenters. The van der Waals surface area contributed by atoms with E-state index in [4.69, 9.17) is 11.6 Å². The first-order valence-corrected chi connectivity index (χ1v) is 8.55. The number of aromatic nitrogens is 3. The fourth-order valence-electron chi connectivity index (χ4n) is 2.88. The second-order valence-corrected chi connectivity index (χ2v) is 6.93. The summed E-state index contributed by atoms with van der Waals surface area (Å²) in [5.41, 5.74) is 3.10. The number of amides is 1. The van der Waals surface area contributed by atoms with Gasteiger partial charge in [0.25, 0.3) is 5.91 Å². The van der Waals surface area contributed by atoms with E-state index in [1.807, 2.05) is 30.3 Å². The van der Waals surface area contributed by atoms with Gasteiger partial charge in [0.1, 0.15) is 0 Å². The number of benzene rings is 1. The first kappa shape index (κ1) is 15.4. The second kappa shape index (κ2) is 5.75. The fraction of sp³-hybridized carbons (Fsp3) is 0.188. The predicted octanol–water partition coefficient (Wildman–Crippen LogP) is 3.19.